The molecule has 0 unspecified atom stereocenters. The fraction of sp³-hybridized carbons (Fsp3) is 0.833. The van der Waals surface area contributed by atoms with Gasteiger partial charge in [-0.2, -0.15) is 0 Å². The van der Waals surface area contributed by atoms with E-state index in [2.05, 4.69) is 15.1 Å². The van der Waals surface area contributed by atoms with Gasteiger partial charge in [0.1, 0.15) is 0 Å². The molecule has 1 aliphatic heterocycles. The van der Waals surface area contributed by atoms with Crippen molar-refractivity contribution in [3.63, 3.8) is 0 Å². The van der Waals surface area contributed by atoms with E-state index >= 15 is 0 Å². The number of rotatable bonds is 6. The zero-order chi connectivity index (χ0) is 15.1. The van der Waals surface area contributed by atoms with Gasteiger partial charge < -0.3 is 25.3 Å². The molecule has 0 saturated carbocycles. The summed E-state index contributed by atoms with van der Waals surface area (Å²) in [5, 5.41) is 20.0. The largest absolute Gasteiger partial charge is 0.480 e. The van der Waals surface area contributed by atoms with Crippen molar-refractivity contribution in [3.05, 3.63) is 0 Å². The lowest BCUT2D eigenvalue weighted by Gasteiger charge is -2.35. The van der Waals surface area contributed by atoms with E-state index < -0.39 is 24.6 Å². The summed E-state index contributed by atoms with van der Waals surface area (Å²) in [6.07, 6.45) is 0. The molecule has 0 radical (unpaired) electrons. The van der Waals surface area contributed by atoms with E-state index in [1.807, 2.05) is 14.1 Å². The molecule has 1 atom stereocenters. The van der Waals surface area contributed by atoms with E-state index in [-0.39, 0.29) is 0 Å². The van der Waals surface area contributed by atoms with Gasteiger partial charge in [0.15, 0.2) is 6.04 Å². The first-order valence-corrected chi connectivity index (χ1v) is 6.70. The maximum absolute atomic E-state index is 11.9. The summed E-state index contributed by atoms with van der Waals surface area (Å²) in [5.41, 5.74) is 0. The maximum Gasteiger partial charge on any atom is 0.328 e. The highest BCUT2D eigenvalue weighted by Gasteiger charge is 2.25. The molecule has 0 aromatic rings. The standard InChI is InChI=1S/C12H24N4O4/c1-14(2)3-4-15-5-7-16(8-6-15)12(20)13-10(9-17)11(18)19/h10,17H,3-9H2,1-2H3,(H,13,20)(H,18,19)/t10-/m0/s1. The SMILES string of the molecule is CN(C)CCN1CCN(C(=O)N[C@@H](CO)C(=O)O)CC1. The van der Waals surface area contributed by atoms with Crippen LogP contribution in [0.5, 0.6) is 0 Å². The third kappa shape index (κ3) is 5.32. The van der Waals surface area contributed by atoms with Crippen molar-refractivity contribution in [2.24, 2.45) is 0 Å². The van der Waals surface area contributed by atoms with Crippen molar-refractivity contribution < 1.29 is 19.8 Å². The topological polar surface area (TPSA) is 96.4 Å². The number of carboxylic acids is 1. The first kappa shape index (κ1) is 16.7. The number of aliphatic hydroxyl groups excluding tert-OH is 1. The second kappa shape index (κ2) is 8.03. The van der Waals surface area contributed by atoms with E-state index in [1.165, 1.54) is 0 Å². The van der Waals surface area contributed by atoms with Gasteiger partial charge in [-0.1, -0.05) is 0 Å². The van der Waals surface area contributed by atoms with Crippen LogP contribution in [0.15, 0.2) is 0 Å². The third-order valence-corrected chi connectivity index (χ3v) is 3.30. The van der Waals surface area contributed by atoms with Crippen LogP contribution in [0.1, 0.15) is 0 Å². The van der Waals surface area contributed by atoms with E-state index in [0.717, 1.165) is 26.2 Å². The minimum Gasteiger partial charge on any atom is -0.480 e. The lowest BCUT2D eigenvalue weighted by Crippen LogP contribution is -2.55. The summed E-state index contributed by atoms with van der Waals surface area (Å²) in [6, 6.07) is -1.67. The molecule has 20 heavy (non-hydrogen) atoms. The highest BCUT2D eigenvalue weighted by atomic mass is 16.4. The smallest absolute Gasteiger partial charge is 0.328 e. The van der Waals surface area contributed by atoms with Gasteiger partial charge in [0.05, 0.1) is 6.61 Å². The number of carbonyl (C=O) groups excluding carboxylic acids is 1. The number of nitrogens with zero attached hydrogens (tertiary/aromatic N) is 3. The molecule has 3 N–H and O–H groups in total. The molecule has 0 aromatic heterocycles. The number of hydrogen-bond donors (Lipinski definition) is 3. The van der Waals surface area contributed by atoms with Crippen molar-refractivity contribution in [3.8, 4) is 0 Å². The maximum atomic E-state index is 11.9. The zero-order valence-electron chi connectivity index (χ0n) is 12.1. The average molecular weight is 288 g/mol. The van der Waals surface area contributed by atoms with Crippen LogP contribution in [0.4, 0.5) is 4.79 Å². The second-order valence-electron chi connectivity index (χ2n) is 5.15. The molecular weight excluding hydrogens is 264 g/mol. The van der Waals surface area contributed by atoms with Crippen LogP contribution in [0, 0.1) is 0 Å². The Balaban J connectivity index is 2.33. The second-order valence-corrected chi connectivity index (χ2v) is 5.15. The van der Waals surface area contributed by atoms with Gasteiger partial charge >= 0.3 is 12.0 Å². The molecule has 0 bridgehead atoms. The van der Waals surface area contributed by atoms with Gasteiger partial charge in [0.2, 0.25) is 0 Å². The Kier molecular flexibility index (Phi) is 6.69. The molecule has 0 aromatic carbocycles. The van der Waals surface area contributed by atoms with Crippen LogP contribution < -0.4 is 5.32 Å². The molecule has 0 aliphatic carbocycles. The van der Waals surface area contributed by atoms with Gasteiger partial charge in [-0.3, -0.25) is 4.90 Å². The fourth-order valence-corrected chi connectivity index (χ4v) is 1.94. The van der Waals surface area contributed by atoms with E-state index in [4.69, 9.17) is 10.2 Å². The van der Waals surface area contributed by atoms with Crippen molar-refractivity contribution in [1.82, 2.24) is 20.0 Å². The summed E-state index contributed by atoms with van der Waals surface area (Å²) in [6.45, 7) is 4.00. The van der Waals surface area contributed by atoms with Crippen molar-refractivity contribution >= 4 is 12.0 Å². The monoisotopic (exact) mass is 288 g/mol. The molecule has 8 heteroatoms. The van der Waals surface area contributed by atoms with Crippen molar-refractivity contribution in [1.29, 1.82) is 0 Å². The summed E-state index contributed by atoms with van der Waals surface area (Å²) in [4.78, 5) is 28.6. The quantitative estimate of drug-likeness (QED) is 0.540. The van der Waals surface area contributed by atoms with Gasteiger partial charge in [-0.05, 0) is 14.1 Å². The lowest BCUT2D eigenvalue weighted by molar-refractivity contribution is -0.140. The molecule has 116 valence electrons. The minimum atomic E-state index is -1.24. The average Bonchev–Trinajstić information content (AvgIpc) is 2.42. The Hall–Kier alpha value is -1.38. The molecule has 1 rings (SSSR count). The molecular formula is C12H24N4O4. The number of aliphatic carboxylic acids is 1. The number of hydrogen-bond acceptors (Lipinski definition) is 5. The minimum absolute atomic E-state index is 0.432. The molecule has 1 aliphatic rings. The summed E-state index contributed by atoms with van der Waals surface area (Å²) in [5.74, 6) is -1.23. The molecule has 1 saturated heterocycles. The number of carboxylic acid groups (broad SMARTS) is 1. The van der Waals surface area contributed by atoms with E-state index in [1.54, 1.807) is 4.90 Å². The molecule has 1 heterocycles. The summed E-state index contributed by atoms with van der Waals surface area (Å²) >= 11 is 0. The normalized spacial score (nSPS) is 18.1. The Morgan fingerprint density at radius 3 is 2.30 bits per heavy atom. The third-order valence-electron chi connectivity index (χ3n) is 3.30. The number of carbonyl (C=O) groups is 2. The Labute approximate surface area is 118 Å². The van der Waals surface area contributed by atoms with Crippen LogP contribution in [0.2, 0.25) is 0 Å². The number of nitrogens with one attached hydrogen (secondary N) is 1. The molecule has 8 nitrogen and oxygen atoms in total. The fourth-order valence-electron chi connectivity index (χ4n) is 1.94. The number of likely N-dealkylation sites (N-methyl/N-ethyl adjacent to an activating group) is 1. The predicted molar refractivity (Wildman–Crippen MR) is 73.6 cm³/mol. The van der Waals surface area contributed by atoms with Gasteiger partial charge in [0, 0.05) is 39.3 Å². The number of aliphatic hydroxyl groups is 1. The summed E-state index contributed by atoms with van der Waals surface area (Å²) in [7, 11) is 4.04. The van der Waals surface area contributed by atoms with Crippen LogP contribution in [0.3, 0.4) is 0 Å². The zero-order valence-corrected chi connectivity index (χ0v) is 12.1. The number of piperazine rings is 1. The number of amides is 2. The van der Waals surface area contributed by atoms with Crippen molar-refractivity contribution in [2.45, 2.75) is 6.04 Å². The van der Waals surface area contributed by atoms with Crippen LogP contribution in [-0.4, -0.2) is 103 Å². The van der Waals surface area contributed by atoms with E-state index in [0.29, 0.717) is 13.1 Å². The Morgan fingerprint density at radius 2 is 1.85 bits per heavy atom. The lowest BCUT2D eigenvalue weighted by atomic mass is 10.3. The van der Waals surface area contributed by atoms with E-state index in [9.17, 15) is 9.59 Å². The highest BCUT2D eigenvalue weighted by molar-refractivity contribution is 5.82. The number of urea groups is 1. The van der Waals surface area contributed by atoms with Gasteiger partial charge in [-0.25, -0.2) is 9.59 Å². The van der Waals surface area contributed by atoms with Crippen LogP contribution in [-0.2, 0) is 4.79 Å². The first-order chi connectivity index (χ1) is 9.43. The highest BCUT2D eigenvalue weighted by Crippen LogP contribution is 2.02. The van der Waals surface area contributed by atoms with Gasteiger partial charge in [-0.15, -0.1) is 0 Å². The Bertz CT molecular complexity index is 329. The van der Waals surface area contributed by atoms with Gasteiger partial charge in [0.25, 0.3) is 0 Å². The molecule has 1 fully saturated rings. The first-order valence-electron chi connectivity index (χ1n) is 6.70. The molecule has 2 amide bonds. The summed E-state index contributed by atoms with van der Waals surface area (Å²) < 4.78 is 0. The molecule has 0 spiro atoms. The van der Waals surface area contributed by atoms with Crippen LogP contribution in [0.25, 0.3) is 0 Å². The Morgan fingerprint density at radius 1 is 1.25 bits per heavy atom. The van der Waals surface area contributed by atoms with Crippen molar-refractivity contribution in [2.75, 3.05) is 60.0 Å². The van der Waals surface area contributed by atoms with Crippen LogP contribution >= 0.6 is 0 Å². The predicted octanol–water partition coefficient (Wildman–Crippen LogP) is -1.68.